The summed E-state index contributed by atoms with van der Waals surface area (Å²) in [7, 11) is 0. The Morgan fingerprint density at radius 1 is 1.00 bits per heavy atom. The van der Waals surface area contributed by atoms with E-state index in [0.717, 1.165) is 24.7 Å². The first-order valence-corrected chi connectivity index (χ1v) is 9.19. The molecular formula is C19H30O2. The number of aliphatic hydroxyl groups excluding tert-OH is 1. The van der Waals surface area contributed by atoms with Gasteiger partial charge in [0.2, 0.25) is 0 Å². The second-order valence-electron chi connectivity index (χ2n) is 8.97. The van der Waals surface area contributed by atoms with Gasteiger partial charge in [-0.05, 0) is 74.0 Å². The van der Waals surface area contributed by atoms with E-state index >= 15 is 0 Å². The highest BCUT2D eigenvalue weighted by atomic mass is 16.3. The molecule has 1 N–H and O–H groups in total. The van der Waals surface area contributed by atoms with Crippen LogP contribution in [0.1, 0.15) is 71.6 Å². The Bertz CT molecular complexity index is 458. The number of carbonyl (C=O) groups excluding carboxylic acids is 1. The van der Waals surface area contributed by atoms with Crippen LogP contribution in [0.5, 0.6) is 0 Å². The smallest absolute Gasteiger partial charge is 0.167 e. The maximum atomic E-state index is 12.4. The van der Waals surface area contributed by atoms with Gasteiger partial charge >= 0.3 is 0 Å². The Kier molecular flexibility index (Phi) is 3.10. The molecule has 4 saturated carbocycles. The summed E-state index contributed by atoms with van der Waals surface area (Å²) in [5.41, 5.74) is 0.317. The van der Waals surface area contributed by atoms with E-state index in [1.807, 2.05) is 0 Å². The molecule has 0 amide bonds. The van der Waals surface area contributed by atoms with Crippen LogP contribution in [0.4, 0.5) is 0 Å². The molecule has 7 atom stereocenters. The van der Waals surface area contributed by atoms with Gasteiger partial charge < -0.3 is 5.11 Å². The first-order valence-electron chi connectivity index (χ1n) is 9.19. The number of fused-ring (bicyclic) bond motifs is 5. The predicted octanol–water partition coefficient (Wildman–Crippen LogP) is 3.96. The van der Waals surface area contributed by atoms with E-state index in [2.05, 4.69) is 13.8 Å². The van der Waals surface area contributed by atoms with Crippen molar-refractivity contribution >= 4 is 5.78 Å². The lowest BCUT2D eigenvalue weighted by Crippen LogP contribution is -2.52. The molecule has 0 radical (unpaired) electrons. The zero-order valence-corrected chi connectivity index (χ0v) is 13.6. The second kappa shape index (κ2) is 4.57. The van der Waals surface area contributed by atoms with Crippen molar-refractivity contribution in [2.24, 2.45) is 34.5 Å². The average molecular weight is 290 g/mol. The highest BCUT2D eigenvalue weighted by molar-refractivity contribution is 5.91. The third-order valence-corrected chi connectivity index (χ3v) is 8.32. The third-order valence-electron chi connectivity index (χ3n) is 8.32. The molecule has 0 heterocycles. The molecule has 4 rings (SSSR count). The van der Waals surface area contributed by atoms with Crippen LogP contribution in [0.3, 0.4) is 0 Å². The minimum atomic E-state index is -0.671. The lowest BCUT2D eigenvalue weighted by molar-refractivity contribution is -0.141. The van der Waals surface area contributed by atoms with Crippen LogP contribution in [-0.2, 0) is 4.79 Å². The molecule has 0 aromatic heterocycles. The molecular weight excluding hydrogens is 260 g/mol. The summed E-state index contributed by atoms with van der Waals surface area (Å²) in [5, 5.41) is 10.1. The lowest BCUT2D eigenvalue weighted by Gasteiger charge is -2.59. The second-order valence-corrected chi connectivity index (χ2v) is 8.97. The van der Waals surface area contributed by atoms with Crippen molar-refractivity contribution in [1.82, 2.24) is 0 Å². The molecule has 0 aliphatic heterocycles. The molecule has 4 aliphatic rings. The van der Waals surface area contributed by atoms with Gasteiger partial charge in [0.25, 0.3) is 0 Å². The quantitative estimate of drug-likeness (QED) is 0.733. The molecule has 0 saturated heterocycles. The summed E-state index contributed by atoms with van der Waals surface area (Å²) in [6.07, 6.45) is 10.7. The molecule has 4 aliphatic carbocycles. The predicted molar refractivity (Wildman–Crippen MR) is 82.7 cm³/mol. The van der Waals surface area contributed by atoms with Crippen LogP contribution in [-0.4, -0.2) is 17.0 Å². The highest BCUT2D eigenvalue weighted by Gasteiger charge is 2.61. The van der Waals surface area contributed by atoms with Crippen molar-refractivity contribution in [1.29, 1.82) is 0 Å². The minimum absolute atomic E-state index is 0.155. The Balaban J connectivity index is 1.67. The van der Waals surface area contributed by atoms with Crippen molar-refractivity contribution in [3.63, 3.8) is 0 Å². The van der Waals surface area contributed by atoms with Gasteiger partial charge in [0.05, 0.1) is 0 Å². The van der Waals surface area contributed by atoms with Crippen molar-refractivity contribution in [2.45, 2.75) is 77.7 Å². The van der Waals surface area contributed by atoms with E-state index in [9.17, 15) is 9.90 Å². The van der Waals surface area contributed by atoms with Crippen LogP contribution in [0, 0.1) is 34.5 Å². The Hall–Kier alpha value is -0.370. The van der Waals surface area contributed by atoms with Crippen LogP contribution >= 0.6 is 0 Å². The number of hydrogen-bond acceptors (Lipinski definition) is 2. The van der Waals surface area contributed by atoms with E-state index in [0.29, 0.717) is 17.3 Å². The van der Waals surface area contributed by atoms with Crippen LogP contribution < -0.4 is 0 Å². The van der Waals surface area contributed by atoms with E-state index in [-0.39, 0.29) is 11.2 Å². The molecule has 118 valence electrons. The standard InChI is InChI=1S/C19H30O2/c1-18-9-4-3-5-12(18)6-7-13-14(18)8-10-19(2)15(13)11-16(20)17(19)21/h12-16,20H,3-11H2,1-2H3/t12?,13-,14+,15+,16?,18+,19+/m1/s1. The molecule has 2 unspecified atom stereocenters. The molecule has 2 nitrogen and oxygen atoms in total. The largest absolute Gasteiger partial charge is 0.385 e. The van der Waals surface area contributed by atoms with Crippen molar-refractivity contribution in [2.75, 3.05) is 0 Å². The summed E-state index contributed by atoms with van der Waals surface area (Å²) < 4.78 is 0. The number of hydrogen-bond donors (Lipinski definition) is 1. The Morgan fingerprint density at radius 2 is 1.81 bits per heavy atom. The summed E-state index contributed by atoms with van der Waals surface area (Å²) in [6, 6.07) is 0. The number of rotatable bonds is 0. The van der Waals surface area contributed by atoms with Crippen molar-refractivity contribution in [3.05, 3.63) is 0 Å². The van der Waals surface area contributed by atoms with Gasteiger partial charge in [-0.15, -0.1) is 0 Å². The lowest BCUT2D eigenvalue weighted by atomic mass is 9.45. The molecule has 0 aromatic carbocycles. The van der Waals surface area contributed by atoms with Gasteiger partial charge in [-0.3, -0.25) is 4.79 Å². The maximum absolute atomic E-state index is 12.4. The fraction of sp³-hybridized carbons (Fsp3) is 0.947. The van der Waals surface area contributed by atoms with E-state index in [1.165, 1.54) is 44.9 Å². The summed E-state index contributed by atoms with van der Waals surface area (Å²) in [5.74, 6) is 3.05. The van der Waals surface area contributed by atoms with Crippen LogP contribution in [0.15, 0.2) is 0 Å². The molecule has 4 fully saturated rings. The topological polar surface area (TPSA) is 37.3 Å². The summed E-state index contributed by atoms with van der Waals surface area (Å²) in [6.45, 7) is 4.71. The number of carbonyl (C=O) groups is 1. The van der Waals surface area contributed by atoms with Gasteiger partial charge in [-0.2, -0.15) is 0 Å². The Morgan fingerprint density at radius 3 is 2.62 bits per heavy atom. The van der Waals surface area contributed by atoms with E-state index in [1.54, 1.807) is 0 Å². The summed E-state index contributed by atoms with van der Waals surface area (Å²) >= 11 is 0. The van der Waals surface area contributed by atoms with Gasteiger partial charge in [-0.1, -0.05) is 26.7 Å². The van der Waals surface area contributed by atoms with Crippen LogP contribution in [0.25, 0.3) is 0 Å². The van der Waals surface area contributed by atoms with Gasteiger partial charge in [0.1, 0.15) is 6.10 Å². The van der Waals surface area contributed by atoms with Gasteiger partial charge in [0, 0.05) is 5.41 Å². The zero-order chi connectivity index (χ0) is 14.8. The number of Topliss-reactive ketones (excluding diaryl/α,β-unsaturated/α-hetero) is 1. The molecule has 0 aromatic rings. The SMILES string of the molecule is C[C@]12CCCCC1CC[C@@H]1[C@@H]2CC[C@]2(C)C(=O)C(O)C[C@@H]12. The van der Waals surface area contributed by atoms with E-state index in [4.69, 9.17) is 0 Å². The van der Waals surface area contributed by atoms with Crippen molar-refractivity contribution < 1.29 is 9.90 Å². The molecule has 21 heavy (non-hydrogen) atoms. The fourth-order valence-electron chi connectivity index (χ4n) is 7.08. The molecule has 0 bridgehead atoms. The monoisotopic (exact) mass is 290 g/mol. The minimum Gasteiger partial charge on any atom is -0.385 e. The van der Waals surface area contributed by atoms with E-state index < -0.39 is 6.10 Å². The maximum Gasteiger partial charge on any atom is 0.167 e. The average Bonchev–Trinajstić information content (AvgIpc) is 2.70. The van der Waals surface area contributed by atoms with Crippen LogP contribution in [0.2, 0.25) is 0 Å². The molecule has 2 heteroatoms. The van der Waals surface area contributed by atoms with Gasteiger partial charge in [-0.25, -0.2) is 0 Å². The van der Waals surface area contributed by atoms with Gasteiger partial charge in [0.15, 0.2) is 5.78 Å². The first kappa shape index (κ1) is 14.2. The first-order chi connectivity index (χ1) is 9.97. The molecule has 0 spiro atoms. The third kappa shape index (κ3) is 1.77. The summed E-state index contributed by atoms with van der Waals surface area (Å²) in [4.78, 5) is 12.4. The zero-order valence-electron chi connectivity index (χ0n) is 13.6. The fourth-order valence-corrected chi connectivity index (χ4v) is 7.08. The highest BCUT2D eigenvalue weighted by Crippen LogP contribution is 2.65. The normalized spacial score (nSPS) is 56.5. The number of aliphatic hydroxyl groups is 1. The van der Waals surface area contributed by atoms with Crippen molar-refractivity contribution in [3.8, 4) is 0 Å². The Labute approximate surface area is 128 Å². The number of ketones is 1.